The summed E-state index contributed by atoms with van der Waals surface area (Å²) in [6.45, 7) is 6.41. The largest absolute Gasteiger partial charge is 0.310 e. The fraction of sp³-hybridized carbons (Fsp3) is 0.778. The van der Waals surface area contributed by atoms with Gasteiger partial charge in [-0.25, -0.2) is 4.98 Å². The summed E-state index contributed by atoms with van der Waals surface area (Å²) in [7, 11) is 0. The molecule has 21 heavy (non-hydrogen) atoms. The maximum atomic E-state index is 12.2. The van der Waals surface area contributed by atoms with E-state index in [1.165, 1.54) is 38.5 Å². The van der Waals surface area contributed by atoms with E-state index in [9.17, 15) is 4.79 Å². The van der Waals surface area contributed by atoms with Crippen LogP contribution in [0, 0.1) is 17.8 Å². The van der Waals surface area contributed by atoms with Crippen molar-refractivity contribution in [1.82, 2.24) is 9.97 Å². The van der Waals surface area contributed by atoms with Gasteiger partial charge in [0.1, 0.15) is 5.82 Å². The van der Waals surface area contributed by atoms with E-state index in [2.05, 4.69) is 25.8 Å². The van der Waals surface area contributed by atoms with Crippen LogP contribution >= 0.6 is 0 Å². The molecule has 0 atom stereocenters. The first-order valence-corrected chi connectivity index (χ1v) is 8.46. The quantitative estimate of drug-likeness (QED) is 0.858. The van der Waals surface area contributed by atoms with Crippen LogP contribution in [-0.4, -0.2) is 9.97 Å². The number of nitrogens with one attached hydrogen (secondary N) is 1. The first kappa shape index (κ1) is 13.5. The third-order valence-electron chi connectivity index (χ3n) is 6.05. The summed E-state index contributed by atoms with van der Waals surface area (Å²) in [4.78, 5) is 20.2. The van der Waals surface area contributed by atoms with Crippen LogP contribution in [0.5, 0.6) is 0 Å². The number of hydrogen-bond donors (Lipinski definition) is 1. The Kier molecular flexibility index (Phi) is 2.71. The van der Waals surface area contributed by atoms with Crippen LogP contribution in [0.2, 0.25) is 0 Å². The zero-order valence-corrected chi connectivity index (χ0v) is 13.4. The summed E-state index contributed by atoms with van der Waals surface area (Å²) in [5.41, 5.74) is 1.08. The van der Waals surface area contributed by atoms with Gasteiger partial charge in [0.05, 0.1) is 5.69 Å². The molecular weight excluding hydrogens is 260 g/mol. The summed E-state index contributed by atoms with van der Waals surface area (Å²) in [5.74, 6) is 3.62. The van der Waals surface area contributed by atoms with Gasteiger partial charge in [-0.05, 0) is 56.3 Å². The van der Waals surface area contributed by atoms with Crippen LogP contribution in [0.4, 0.5) is 0 Å². The second kappa shape index (κ2) is 4.21. The van der Waals surface area contributed by atoms with E-state index in [0.717, 1.165) is 29.3 Å². The van der Waals surface area contributed by atoms with E-state index in [1.54, 1.807) is 6.07 Å². The molecule has 0 amide bonds. The lowest BCUT2D eigenvalue weighted by Crippen LogP contribution is -2.50. The van der Waals surface area contributed by atoms with E-state index < -0.39 is 0 Å². The summed E-state index contributed by atoms with van der Waals surface area (Å²) >= 11 is 0. The van der Waals surface area contributed by atoms with Crippen molar-refractivity contribution in [2.75, 3.05) is 0 Å². The lowest BCUT2D eigenvalue weighted by Gasteiger charge is -2.56. The molecule has 0 aliphatic heterocycles. The Morgan fingerprint density at radius 2 is 1.62 bits per heavy atom. The molecule has 1 heterocycles. The zero-order chi connectivity index (χ0) is 14.8. The first-order chi connectivity index (χ1) is 9.84. The fourth-order valence-corrected chi connectivity index (χ4v) is 5.49. The van der Waals surface area contributed by atoms with Crippen LogP contribution in [0.3, 0.4) is 0 Å². The molecule has 1 N–H and O–H groups in total. The number of nitrogens with zero attached hydrogens (tertiary/aromatic N) is 1. The van der Waals surface area contributed by atoms with Gasteiger partial charge < -0.3 is 4.98 Å². The molecule has 0 aromatic carbocycles. The van der Waals surface area contributed by atoms with Crippen LogP contribution in [0.25, 0.3) is 0 Å². The SMILES string of the molecule is CC(C)(C)c1cc(=O)[nH]c(C23CC4CC(CC(C4)C2)C3)n1. The van der Waals surface area contributed by atoms with Gasteiger partial charge in [-0.15, -0.1) is 0 Å². The number of aromatic nitrogens is 2. The molecule has 4 saturated carbocycles. The Morgan fingerprint density at radius 1 is 1.10 bits per heavy atom. The maximum absolute atomic E-state index is 12.2. The third-order valence-corrected chi connectivity index (χ3v) is 6.05. The molecule has 4 bridgehead atoms. The van der Waals surface area contributed by atoms with E-state index in [4.69, 9.17) is 4.98 Å². The predicted octanol–water partition coefficient (Wildman–Crippen LogP) is 3.54. The van der Waals surface area contributed by atoms with Gasteiger partial charge >= 0.3 is 0 Å². The molecule has 4 fully saturated rings. The Bertz CT molecular complexity index is 588. The van der Waals surface area contributed by atoms with E-state index in [1.807, 2.05) is 0 Å². The van der Waals surface area contributed by atoms with Crippen molar-refractivity contribution in [3.63, 3.8) is 0 Å². The first-order valence-electron chi connectivity index (χ1n) is 8.46. The Hall–Kier alpha value is -1.12. The van der Waals surface area contributed by atoms with Gasteiger partial charge in [0.2, 0.25) is 0 Å². The molecule has 4 aliphatic rings. The zero-order valence-electron chi connectivity index (χ0n) is 13.4. The van der Waals surface area contributed by atoms with Crippen molar-refractivity contribution in [2.45, 2.75) is 70.1 Å². The summed E-state index contributed by atoms with van der Waals surface area (Å²) in [5, 5.41) is 0. The topological polar surface area (TPSA) is 45.8 Å². The van der Waals surface area contributed by atoms with E-state index in [0.29, 0.717) is 0 Å². The molecular formula is C18H26N2O. The van der Waals surface area contributed by atoms with Crippen molar-refractivity contribution in [1.29, 1.82) is 0 Å². The average Bonchev–Trinajstić information content (AvgIpc) is 2.35. The smallest absolute Gasteiger partial charge is 0.251 e. The highest BCUT2D eigenvalue weighted by Gasteiger charge is 2.53. The van der Waals surface area contributed by atoms with E-state index in [-0.39, 0.29) is 16.4 Å². The molecule has 3 heteroatoms. The molecule has 3 nitrogen and oxygen atoms in total. The summed E-state index contributed by atoms with van der Waals surface area (Å²) < 4.78 is 0. The highest BCUT2D eigenvalue weighted by atomic mass is 16.1. The van der Waals surface area contributed by atoms with Crippen molar-refractivity contribution in [3.8, 4) is 0 Å². The lowest BCUT2D eigenvalue weighted by molar-refractivity contribution is -0.00967. The minimum Gasteiger partial charge on any atom is -0.310 e. The number of H-pyrrole nitrogens is 1. The average molecular weight is 286 g/mol. The standard InChI is InChI=1S/C18H26N2O/c1-17(2,3)14-7-15(21)20-16(19-14)18-8-11-4-12(9-18)6-13(5-11)10-18/h7,11-13H,4-6,8-10H2,1-3H3,(H,19,20,21). The molecule has 0 radical (unpaired) electrons. The summed E-state index contributed by atoms with van der Waals surface area (Å²) in [6, 6.07) is 1.68. The Morgan fingerprint density at radius 3 is 2.10 bits per heavy atom. The van der Waals surface area contributed by atoms with Crippen LogP contribution < -0.4 is 5.56 Å². The van der Waals surface area contributed by atoms with Gasteiger partial charge in [-0.2, -0.15) is 0 Å². The van der Waals surface area contributed by atoms with Crippen LogP contribution in [0.15, 0.2) is 10.9 Å². The van der Waals surface area contributed by atoms with Gasteiger partial charge in [0.25, 0.3) is 5.56 Å². The van der Waals surface area contributed by atoms with Gasteiger partial charge in [-0.1, -0.05) is 20.8 Å². The van der Waals surface area contributed by atoms with Crippen molar-refractivity contribution >= 4 is 0 Å². The number of aromatic amines is 1. The predicted molar refractivity (Wildman–Crippen MR) is 83.4 cm³/mol. The minimum atomic E-state index is -0.0642. The monoisotopic (exact) mass is 286 g/mol. The van der Waals surface area contributed by atoms with Gasteiger partial charge in [-0.3, -0.25) is 4.79 Å². The van der Waals surface area contributed by atoms with Gasteiger partial charge in [0, 0.05) is 16.9 Å². The molecule has 1 aromatic rings. The molecule has 0 unspecified atom stereocenters. The molecule has 114 valence electrons. The molecule has 1 aromatic heterocycles. The minimum absolute atomic E-state index is 0.0284. The second-order valence-electron chi connectivity index (χ2n) is 8.93. The van der Waals surface area contributed by atoms with Crippen molar-refractivity contribution in [3.05, 3.63) is 27.9 Å². The van der Waals surface area contributed by atoms with Crippen molar-refractivity contribution < 1.29 is 0 Å². The molecule has 5 rings (SSSR count). The summed E-state index contributed by atoms with van der Waals surface area (Å²) in [6.07, 6.45) is 7.99. The highest BCUT2D eigenvalue weighted by Crippen LogP contribution is 2.60. The fourth-order valence-electron chi connectivity index (χ4n) is 5.49. The van der Waals surface area contributed by atoms with Crippen LogP contribution in [-0.2, 0) is 10.8 Å². The number of rotatable bonds is 1. The Labute approximate surface area is 126 Å². The Balaban J connectivity index is 1.80. The van der Waals surface area contributed by atoms with Gasteiger partial charge in [0.15, 0.2) is 0 Å². The molecule has 0 saturated heterocycles. The van der Waals surface area contributed by atoms with Crippen molar-refractivity contribution in [2.24, 2.45) is 17.8 Å². The second-order valence-corrected chi connectivity index (χ2v) is 8.93. The third kappa shape index (κ3) is 2.16. The normalized spacial score (nSPS) is 38.0. The van der Waals surface area contributed by atoms with E-state index >= 15 is 0 Å². The molecule has 4 aliphatic carbocycles. The lowest BCUT2D eigenvalue weighted by atomic mass is 9.49. The maximum Gasteiger partial charge on any atom is 0.251 e. The molecule has 0 spiro atoms. The van der Waals surface area contributed by atoms with Crippen LogP contribution in [0.1, 0.15) is 70.8 Å². The highest BCUT2D eigenvalue weighted by molar-refractivity contribution is 5.21. The number of hydrogen-bond acceptors (Lipinski definition) is 2.